The first kappa shape index (κ1) is 16.0. The third-order valence-corrected chi connectivity index (χ3v) is 4.15. The number of rotatable bonds is 4. The first-order valence-corrected chi connectivity index (χ1v) is 7.98. The zero-order valence-electron chi connectivity index (χ0n) is 12.5. The first-order chi connectivity index (χ1) is 10.3. The third-order valence-electron chi connectivity index (χ3n) is 3.07. The molecule has 0 spiro atoms. The van der Waals surface area contributed by atoms with Crippen LogP contribution in [0, 0.1) is 0 Å². The summed E-state index contributed by atoms with van der Waals surface area (Å²) in [6, 6.07) is 3.46. The van der Waals surface area contributed by atoms with Gasteiger partial charge in [0.25, 0.3) is 0 Å². The molecule has 0 fully saturated rings. The molecule has 0 aliphatic carbocycles. The van der Waals surface area contributed by atoms with Crippen LogP contribution in [0.1, 0.15) is 20.3 Å². The van der Waals surface area contributed by atoms with Crippen molar-refractivity contribution in [2.75, 3.05) is 17.7 Å². The van der Waals surface area contributed by atoms with Gasteiger partial charge < -0.3 is 10.6 Å². The molecular weight excluding hydrogens is 306 g/mol. The fraction of sp³-hybridized carbons (Fsp3) is 0.308. The highest BCUT2D eigenvalue weighted by atomic mass is 32.2. The van der Waals surface area contributed by atoms with Gasteiger partial charge in [0, 0.05) is 18.3 Å². The molecular formula is C13H17N5O3S. The Morgan fingerprint density at radius 3 is 2.59 bits per heavy atom. The molecule has 1 amide bonds. The summed E-state index contributed by atoms with van der Waals surface area (Å²) in [6.07, 6.45) is 1.56. The number of aromatic nitrogens is 1. The normalized spacial score (nSPS) is 16.6. The van der Waals surface area contributed by atoms with E-state index in [4.69, 9.17) is 0 Å². The van der Waals surface area contributed by atoms with Gasteiger partial charge in [-0.2, -0.15) is 8.42 Å². The number of carbonyl (C=O) groups is 1. The van der Waals surface area contributed by atoms with Crippen LogP contribution in [-0.4, -0.2) is 32.1 Å². The summed E-state index contributed by atoms with van der Waals surface area (Å²) < 4.78 is 28.6. The van der Waals surface area contributed by atoms with Crippen molar-refractivity contribution in [3.05, 3.63) is 29.6 Å². The summed E-state index contributed by atoms with van der Waals surface area (Å²) in [4.78, 5) is 16.2. The summed E-state index contributed by atoms with van der Waals surface area (Å²) in [6.45, 7) is 3.16. The van der Waals surface area contributed by atoms with Gasteiger partial charge in [0.2, 0.25) is 5.91 Å². The lowest BCUT2D eigenvalue weighted by molar-refractivity contribution is -0.115. The van der Waals surface area contributed by atoms with Gasteiger partial charge in [-0.25, -0.2) is 4.98 Å². The van der Waals surface area contributed by atoms with Crippen molar-refractivity contribution in [2.24, 2.45) is 4.40 Å². The number of carbonyl (C=O) groups excluding carboxylic acids is 1. The van der Waals surface area contributed by atoms with Crippen LogP contribution >= 0.6 is 0 Å². The molecule has 0 aromatic carbocycles. The second kappa shape index (κ2) is 6.14. The minimum Gasteiger partial charge on any atom is -0.373 e. The zero-order valence-corrected chi connectivity index (χ0v) is 13.3. The van der Waals surface area contributed by atoms with Crippen LogP contribution in [0.4, 0.5) is 11.5 Å². The third kappa shape index (κ3) is 3.82. The van der Waals surface area contributed by atoms with Crippen LogP contribution in [0.3, 0.4) is 0 Å². The Kier molecular flexibility index (Phi) is 4.45. The number of pyridine rings is 1. The number of anilines is 2. The molecule has 22 heavy (non-hydrogen) atoms. The van der Waals surface area contributed by atoms with Gasteiger partial charge in [0.05, 0.1) is 24.0 Å². The lowest BCUT2D eigenvalue weighted by atomic mass is 10.1. The van der Waals surface area contributed by atoms with Gasteiger partial charge in [0.1, 0.15) is 5.82 Å². The van der Waals surface area contributed by atoms with Gasteiger partial charge in [-0.3, -0.25) is 9.52 Å². The molecule has 0 saturated heterocycles. The highest BCUT2D eigenvalue weighted by molar-refractivity contribution is 7.88. The quantitative estimate of drug-likeness (QED) is 0.766. The van der Waals surface area contributed by atoms with E-state index in [-0.39, 0.29) is 12.3 Å². The average Bonchev–Trinajstić information content (AvgIpc) is 2.43. The smallest absolute Gasteiger partial charge is 0.342 e. The maximum absolute atomic E-state index is 12.1. The molecule has 3 N–H and O–H groups in total. The highest BCUT2D eigenvalue weighted by Crippen LogP contribution is 2.17. The molecule has 1 aliphatic heterocycles. The van der Waals surface area contributed by atoms with E-state index >= 15 is 0 Å². The molecule has 1 aromatic rings. The van der Waals surface area contributed by atoms with Gasteiger partial charge in [-0.15, -0.1) is 4.40 Å². The van der Waals surface area contributed by atoms with E-state index in [1.54, 1.807) is 33.0 Å². The molecule has 118 valence electrons. The monoisotopic (exact) mass is 323 g/mol. The van der Waals surface area contributed by atoms with Crippen LogP contribution in [0.2, 0.25) is 0 Å². The standard InChI is InChI=1S/C13H17N5O3S/c1-8-11(9(2)18-22(20,21)17-8)6-13(19)16-10-4-5-12(14-3)15-7-10/h4-5,7,17H,6H2,1-3H3,(H,14,15)(H,16,19). The Morgan fingerprint density at radius 1 is 1.32 bits per heavy atom. The Bertz CT molecular complexity index is 750. The number of hydrogen-bond donors (Lipinski definition) is 3. The van der Waals surface area contributed by atoms with E-state index in [0.29, 0.717) is 28.5 Å². The number of amides is 1. The number of nitrogens with one attached hydrogen (secondary N) is 3. The molecule has 1 aliphatic rings. The molecule has 0 radical (unpaired) electrons. The fourth-order valence-electron chi connectivity index (χ4n) is 2.03. The Labute approximate surface area is 128 Å². The molecule has 9 heteroatoms. The fourth-order valence-corrected chi connectivity index (χ4v) is 3.05. The van der Waals surface area contributed by atoms with Gasteiger partial charge in [-0.1, -0.05) is 0 Å². The lowest BCUT2D eigenvalue weighted by Crippen LogP contribution is -2.29. The molecule has 2 heterocycles. The maximum atomic E-state index is 12.1. The summed E-state index contributed by atoms with van der Waals surface area (Å²) >= 11 is 0. The summed E-state index contributed by atoms with van der Waals surface area (Å²) in [5.74, 6) is 0.422. The molecule has 0 bridgehead atoms. The largest absolute Gasteiger partial charge is 0.373 e. The van der Waals surface area contributed by atoms with Gasteiger partial charge in [0.15, 0.2) is 0 Å². The van der Waals surface area contributed by atoms with Crippen molar-refractivity contribution >= 4 is 33.3 Å². The van der Waals surface area contributed by atoms with Crippen molar-refractivity contribution in [3.8, 4) is 0 Å². The molecule has 0 unspecified atom stereocenters. The van der Waals surface area contributed by atoms with Crippen molar-refractivity contribution in [1.29, 1.82) is 0 Å². The van der Waals surface area contributed by atoms with Crippen LogP contribution < -0.4 is 15.4 Å². The highest BCUT2D eigenvalue weighted by Gasteiger charge is 2.22. The molecule has 0 saturated carbocycles. The number of nitrogens with zero attached hydrogens (tertiary/aromatic N) is 2. The van der Waals surface area contributed by atoms with Crippen molar-refractivity contribution in [3.63, 3.8) is 0 Å². The van der Waals surface area contributed by atoms with Crippen LogP contribution in [0.15, 0.2) is 34.0 Å². The second-order valence-electron chi connectivity index (χ2n) is 4.76. The Balaban J connectivity index is 2.07. The second-order valence-corrected chi connectivity index (χ2v) is 6.10. The van der Waals surface area contributed by atoms with E-state index in [0.717, 1.165) is 0 Å². The van der Waals surface area contributed by atoms with E-state index in [9.17, 15) is 13.2 Å². The van der Waals surface area contributed by atoms with E-state index in [1.807, 2.05) is 0 Å². The maximum Gasteiger partial charge on any atom is 0.342 e. The van der Waals surface area contributed by atoms with E-state index < -0.39 is 10.2 Å². The van der Waals surface area contributed by atoms with Crippen LogP contribution in [0.5, 0.6) is 0 Å². The SMILES string of the molecule is CNc1ccc(NC(=O)CC2=C(C)NS(=O)(=O)N=C2C)cn1. The zero-order chi connectivity index (χ0) is 16.3. The predicted molar refractivity (Wildman–Crippen MR) is 84.9 cm³/mol. The van der Waals surface area contributed by atoms with E-state index in [1.165, 1.54) is 6.20 Å². The topological polar surface area (TPSA) is 113 Å². The van der Waals surface area contributed by atoms with Crippen molar-refractivity contribution < 1.29 is 13.2 Å². The lowest BCUT2D eigenvalue weighted by Gasteiger charge is -2.17. The minimum atomic E-state index is -3.68. The molecule has 1 aromatic heterocycles. The van der Waals surface area contributed by atoms with Gasteiger partial charge >= 0.3 is 10.2 Å². The Hall–Kier alpha value is -2.42. The molecule has 2 rings (SSSR count). The summed E-state index contributed by atoms with van der Waals surface area (Å²) in [5.41, 5.74) is 1.85. The molecule has 8 nitrogen and oxygen atoms in total. The first-order valence-electron chi connectivity index (χ1n) is 6.54. The van der Waals surface area contributed by atoms with Crippen molar-refractivity contribution in [1.82, 2.24) is 9.71 Å². The van der Waals surface area contributed by atoms with Gasteiger partial charge in [-0.05, 0) is 26.0 Å². The van der Waals surface area contributed by atoms with Crippen molar-refractivity contribution in [2.45, 2.75) is 20.3 Å². The summed E-state index contributed by atoms with van der Waals surface area (Å²) in [7, 11) is -1.93. The van der Waals surface area contributed by atoms with Crippen LogP contribution in [0.25, 0.3) is 0 Å². The minimum absolute atomic E-state index is 0.0253. The Morgan fingerprint density at radius 2 is 2.05 bits per heavy atom. The summed E-state index contributed by atoms with van der Waals surface area (Å²) in [5, 5.41) is 5.59. The van der Waals surface area contributed by atoms with Crippen LogP contribution in [-0.2, 0) is 15.0 Å². The molecule has 0 atom stereocenters. The number of allylic oxidation sites excluding steroid dienone is 1. The van der Waals surface area contributed by atoms with E-state index in [2.05, 4.69) is 24.7 Å². The predicted octanol–water partition coefficient (Wildman–Crippen LogP) is 1.03. The average molecular weight is 323 g/mol. The number of hydrogen-bond acceptors (Lipinski definition) is 5.